The molecule has 1 heterocycles. The zero-order valence-corrected chi connectivity index (χ0v) is 9.36. The highest BCUT2D eigenvalue weighted by atomic mass is 16.5. The van der Waals surface area contributed by atoms with Gasteiger partial charge in [-0.3, -0.25) is 15.0 Å². The molecule has 0 bridgehead atoms. The third-order valence-electron chi connectivity index (χ3n) is 2.60. The number of hydroxylamine groups is 2. The molecule has 0 saturated carbocycles. The Morgan fingerprint density at radius 1 is 1.47 bits per heavy atom. The molecule has 1 amide bonds. The van der Waals surface area contributed by atoms with Gasteiger partial charge in [0.1, 0.15) is 5.69 Å². The molecular weight excluding hydrogens is 216 g/mol. The fourth-order valence-corrected chi connectivity index (χ4v) is 1.69. The van der Waals surface area contributed by atoms with E-state index in [4.69, 9.17) is 0 Å². The van der Waals surface area contributed by atoms with Gasteiger partial charge in [-0.25, -0.2) is 5.06 Å². The van der Waals surface area contributed by atoms with Crippen LogP contribution in [0.4, 0.5) is 0 Å². The zero-order chi connectivity index (χ0) is 12.1. The third-order valence-corrected chi connectivity index (χ3v) is 2.60. The van der Waals surface area contributed by atoms with Crippen molar-refractivity contribution in [2.75, 3.05) is 6.54 Å². The van der Waals surface area contributed by atoms with Crippen LogP contribution in [0.3, 0.4) is 0 Å². The molecule has 4 heteroatoms. The second kappa shape index (κ2) is 5.41. The molecule has 1 aromatic rings. The van der Waals surface area contributed by atoms with Crippen LogP contribution in [0.15, 0.2) is 48.7 Å². The van der Waals surface area contributed by atoms with Crippen LogP contribution in [0.2, 0.25) is 0 Å². The Morgan fingerprint density at radius 2 is 2.35 bits per heavy atom. The van der Waals surface area contributed by atoms with Crippen molar-refractivity contribution in [1.29, 1.82) is 0 Å². The fraction of sp³-hybridized carbons (Fsp3) is 0.231. The molecule has 17 heavy (non-hydrogen) atoms. The molecule has 0 spiro atoms. The lowest BCUT2D eigenvalue weighted by Gasteiger charge is -2.20. The maximum absolute atomic E-state index is 11.8. The summed E-state index contributed by atoms with van der Waals surface area (Å²) in [6.07, 6.45) is 10.2. The number of nitrogens with zero attached hydrogens (tertiary/aromatic N) is 2. The summed E-state index contributed by atoms with van der Waals surface area (Å²) >= 11 is 0. The van der Waals surface area contributed by atoms with Crippen molar-refractivity contribution in [3.63, 3.8) is 0 Å². The standard InChI is InChI=1S/C13H14N2O2/c16-13(12-8-4-5-9-14-12)15(17)10-11-6-2-1-3-7-11/h1-6,8-9,11,17H,7,10H2. The molecule has 0 aromatic carbocycles. The molecule has 1 aromatic heterocycles. The van der Waals surface area contributed by atoms with E-state index in [1.165, 1.54) is 6.20 Å². The van der Waals surface area contributed by atoms with Gasteiger partial charge >= 0.3 is 0 Å². The lowest BCUT2D eigenvalue weighted by molar-refractivity contribution is -0.0643. The summed E-state index contributed by atoms with van der Waals surface area (Å²) < 4.78 is 0. The average Bonchev–Trinajstić information content (AvgIpc) is 2.40. The molecule has 0 radical (unpaired) electrons. The van der Waals surface area contributed by atoms with E-state index >= 15 is 0 Å². The first-order valence-corrected chi connectivity index (χ1v) is 5.52. The fourth-order valence-electron chi connectivity index (χ4n) is 1.69. The molecule has 0 fully saturated rings. The maximum Gasteiger partial charge on any atom is 0.295 e. The van der Waals surface area contributed by atoms with Crippen LogP contribution >= 0.6 is 0 Å². The first kappa shape index (κ1) is 11.5. The molecule has 1 unspecified atom stereocenters. The van der Waals surface area contributed by atoms with E-state index in [0.717, 1.165) is 11.5 Å². The molecule has 1 N–H and O–H groups in total. The van der Waals surface area contributed by atoms with E-state index in [-0.39, 0.29) is 18.2 Å². The first-order chi connectivity index (χ1) is 8.27. The Morgan fingerprint density at radius 3 is 3.00 bits per heavy atom. The number of amides is 1. The van der Waals surface area contributed by atoms with Crippen LogP contribution in [0.1, 0.15) is 16.9 Å². The van der Waals surface area contributed by atoms with Crippen LogP contribution in [0.5, 0.6) is 0 Å². The van der Waals surface area contributed by atoms with Gasteiger partial charge in [0.15, 0.2) is 0 Å². The molecule has 88 valence electrons. The molecule has 0 saturated heterocycles. The molecule has 2 rings (SSSR count). The Labute approximate surface area is 99.9 Å². The minimum Gasteiger partial charge on any atom is -0.286 e. The minimum atomic E-state index is -0.464. The van der Waals surface area contributed by atoms with Crippen LogP contribution in [0, 0.1) is 5.92 Å². The average molecular weight is 230 g/mol. The highest BCUT2D eigenvalue weighted by Crippen LogP contribution is 2.13. The van der Waals surface area contributed by atoms with Gasteiger partial charge in [-0.15, -0.1) is 0 Å². The third kappa shape index (κ3) is 3.01. The lowest BCUT2D eigenvalue weighted by atomic mass is 10.0. The summed E-state index contributed by atoms with van der Waals surface area (Å²) in [4.78, 5) is 15.7. The second-order valence-corrected chi connectivity index (χ2v) is 3.91. The van der Waals surface area contributed by atoms with E-state index in [1.807, 2.05) is 24.3 Å². The molecule has 1 aliphatic rings. The molecule has 1 atom stereocenters. The molecule has 0 aliphatic heterocycles. The largest absolute Gasteiger partial charge is 0.295 e. The maximum atomic E-state index is 11.8. The predicted octanol–water partition coefficient (Wildman–Crippen LogP) is 2.05. The van der Waals surface area contributed by atoms with Crippen molar-refractivity contribution in [1.82, 2.24) is 10.0 Å². The van der Waals surface area contributed by atoms with E-state index in [1.54, 1.807) is 18.2 Å². The summed E-state index contributed by atoms with van der Waals surface area (Å²) in [6.45, 7) is 0.288. The summed E-state index contributed by atoms with van der Waals surface area (Å²) in [7, 11) is 0. The van der Waals surface area contributed by atoms with Gasteiger partial charge in [0.05, 0.1) is 6.54 Å². The molecule has 1 aliphatic carbocycles. The SMILES string of the molecule is O=C(c1ccccn1)N(O)CC1C=CC=CC1. The first-order valence-electron chi connectivity index (χ1n) is 5.52. The van der Waals surface area contributed by atoms with Crippen molar-refractivity contribution >= 4 is 5.91 Å². The Bertz CT molecular complexity index is 440. The second-order valence-electron chi connectivity index (χ2n) is 3.91. The van der Waals surface area contributed by atoms with Crippen LogP contribution in [0.25, 0.3) is 0 Å². The van der Waals surface area contributed by atoms with Crippen LogP contribution in [-0.4, -0.2) is 27.7 Å². The van der Waals surface area contributed by atoms with Crippen molar-refractivity contribution < 1.29 is 10.0 Å². The van der Waals surface area contributed by atoms with E-state index in [9.17, 15) is 10.0 Å². The van der Waals surface area contributed by atoms with Gasteiger partial charge in [-0.2, -0.15) is 0 Å². The van der Waals surface area contributed by atoms with Gasteiger partial charge in [-0.1, -0.05) is 30.4 Å². The van der Waals surface area contributed by atoms with Crippen LogP contribution in [-0.2, 0) is 0 Å². The van der Waals surface area contributed by atoms with E-state index in [0.29, 0.717) is 0 Å². The van der Waals surface area contributed by atoms with Gasteiger partial charge < -0.3 is 0 Å². The van der Waals surface area contributed by atoms with Gasteiger partial charge in [0.2, 0.25) is 0 Å². The predicted molar refractivity (Wildman–Crippen MR) is 63.4 cm³/mol. The number of hydrogen-bond acceptors (Lipinski definition) is 3. The van der Waals surface area contributed by atoms with Crippen molar-refractivity contribution in [2.45, 2.75) is 6.42 Å². The number of carbonyl (C=O) groups is 1. The van der Waals surface area contributed by atoms with Gasteiger partial charge in [0.25, 0.3) is 5.91 Å². The molecule has 4 nitrogen and oxygen atoms in total. The normalized spacial score (nSPS) is 18.1. The van der Waals surface area contributed by atoms with Gasteiger partial charge in [0, 0.05) is 12.1 Å². The Balaban J connectivity index is 1.96. The summed E-state index contributed by atoms with van der Waals surface area (Å²) in [5, 5.41) is 10.4. The number of aromatic nitrogens is 1. The van der Waals surface area contributed by atoms with E-state index < -0.39 is 5.91 Å². The lowest BCUT2D eigenvalue weighted by Crippen LogP contribution is -2.32. The minimum absolute atomic E-state index is 0.165. The topological polar surface area (TPSA) is 53.4 Å². The number of hydrogen-bond donors (Lipinski definition) is 1. The number of rotatable bonds is 3. The van der Waals surface area contributed by atoms with Crippen molar-refractivity contribution in [2.24, 2.45) is 5.92 Å². The molecular formula is C13H14N2O2. The van der Waals surface area contributed by atoms with Crippen molar-refractivity contribution in [3.05, 3.63) is 54.4 Å². The smallest absolute Gasteiger partial charge is 0.286 e. The Kier molecular flexibility index (Phi) is 3.67. The van der Waals surface area contributed by atoms with E-state index in [2.05, 4.69) is 4.98 Å². The highest BCUT2D eigenvalue weighted by molar-refractivity contribution is 5.91. The summed E-state index contributed by atoms with van der Waals surface area (Å²) in [6, 6.07) is 5.03. The number of carbonyl (C=O) groups excluding carboxylic acids is 1. The highest BCUT2D eigenvalue weighted by Gasteiger charge is 2.18. The summed E-state index contributed by atoms with van der Waals surface area (Å²) in [5.41, 5.74) is 0.255. The monoisotopic (exact) mass is 230 g/mol. The van der Waals surface area contributed by atoms with Gasteiger partial charge in [-0.05, 0) is 18.6 Å². The quantitative estimate of drug-likeness (QED) is 0.638. The number of allylic oxidation sites excluding steroid dienone is 3. The zero-order valence-electron chi connectivity index (χ0n) is 9.36. The van der Waals surface area contributed by atoms with Crippen molar-refractivity contribution in [3.8, 4) is 0 Å². The number of pyridine rings is 1. The van der Waals surface area contributed by atoms with Crippen LogP contribution < -0.4 is 0 Å². The summed E-state index contributed by atoms with van der Waals surface area (Å²) in [5.74, 6) is -0.300. The Hall–Kier alpha value is -1.94.